The van der Waals surface area contributed by atoms with E-state index in [4.69, 9.17) is 37.3 Å². The number of esters is 3. The standard InChI is InChI=1S/C40H75IO12Si2/c1-25(41)20-19-21-32(48-28(4)42)34(47-14)23-35(53-55(17,18)39(10,11)12)37(50-30(6)44)40(45)27(3)36(49-29(5)43)26(2)33(51-40)22-31(24-46-13)52-54(15,16)38(7,8)9/h20,26-27,31-37,45H,19,21-24H2,1-18H3/b25-20+/t26-,27+,31+,32-,33+,34-,35-,36-,37+,40+/m0/s1. The van der Waals surface area contributed by atoms with Crippen LogP contribution in [0.25, 0.3) is 0 Å². The SMILES string of the molecule is COC[C@@H](C[C@H]1O[C@@](O)([C@H](OC(C)=O)[C@H](C[C@H](OC)[C@H](CC/C=C(\C)I)OC(C)=O)O[Si](C)(C)C(C)(C)C)[C@H](C)[C@@H](OC(C)=O)[C@H]1C)O[Si](C)(C)C(C)(C)C. The summed E-state index contributed by atoms with van der Waals surface area (Å²) in [6, 6.07) is 0. The summed E-state index contributed by atoms with van der Waals surface area (Å²) < 4.78 is 51.5. The van der Waals surface area contributed by atoms with Crippen molar-refractivity contribution < 1.29 is 56.8 Å². The Morgan fingerprint density at radius 3 is 1.80 bits per heavy atom. The van der Waals surface area contributed by atoms with Crippen LogP contribution >= 0.6 is 22.6 Å². The van der Waals surface area contributed by atoms with E-state index in [1.807, 2.05) is 13.8 Å². The molecule has 55 heavy (non-hydrogen) atoms. The fraction of sp³-hybridized carbons (Fsp3) is 0.875. The zero-order valence-electron chi connectivity index (χ0n) is 37.1. The van der Waals surface area contributed by atoms with Crippen LogP contribution in [-0.2, 0) is 51.7 Å². The first-order valence-electron chi connectivity index (χ1n) is 19.5. The minimum Gasteiger partial charge on any atom is -0.462 e. The van der Waals surface area contributed by atoms with Crippen molar-refractivity contribution in [1.82, 2.24) is 0 Å². The van der Waals surface area contributed by atoms with Gasteiger partial charge in [0.05, 0.1) is 36.9 Å². The molecule has 1 aliphatic heterocycles. The third-order valence-corrected chi connectivity index (χ3v) is 21.2. The first-order chi connectivity index (χ1) is 24.9. The summed E-state index contributed by atoms with van der Waals surface area (Å²) in [4.78, 5) is 38.2. The summed E-state index contributed by atoms with van der Waals surface area (Å²) in [5, 5.41) is 12.7. The van der Waals surface area contributed by atoms with Crippen LogP contribution in [0.1, 0.15) is 109 Å². The molecule has 0 bridgehead atoms. The van der Waals surface area contributed by atoms with Crippen LogP contribution in [0.3, 0.4) is 0 Å². The summed E-state index contributed by atoms with van der Waals surface area (Å²) in [7, 11) is -1.84. The molecule has 0 unspecified atom stereocenters. The zero-order valence-corrected chi connectivity index (χ0v) is 41.3. The van der Waals surface area contributed by atoms with E-state index >= 15 is 0 Å². The Balaban J connectivity index is 4.04. The van der Waals surface area contributed by atoms with Gasteiger partial charge in [0, 0.05) is 53.8 Å². The Kier molecular flexibility index (Phi) is 20.2. The first kappa shape index (κ1) is 52.1. The van der Waals surface area contributed by atoms with Gasteiger partial charge in [0.25, 0.3) is 0 Å². The molecule has 322 valence electrons. The van der Waals surface area contributed by atoms with E-state index in [2.05, 4.69) is 96.4 Å². The van der Waals surface area contributed by atoms with Crippen LogP contribution in [0, 0.1) is 11.8 Å². The number of carbonyl (C=O) groups excluding carboxylic acids is 3. The summed E-state index contributed by atoms with van der Waals surface area (Å²) in [6.07, 6.45) is -2.28. The number of methoxy groups -OCH3 is 2. The summed E-state index contributed by atoms with van der Waals surface area (Å²) in [5.41, 5.74) is 0. The quantitative estimate of drug-likeness (QED) is 0.0541. The fourth-order valence-corrected chi connectivity index (χ4v) is 9.53. The minimum absolute atomic E-state index is 0.0729. The Hall–Kier alpha value is -0.926. The smallest absolute Gasteiger partial charge is 0.303 e. The lowest BCUT2D eigenvalue weighted by Gasteiger charge is -2.54. The number of hydrogen-bond donors (Lipinski definition) is 1. The second-order valence-corrected chi connectivity index (χ2v) is 29.5. The fourth-order valence-electron chi connectivity index (χ4n) is 6.54. The molecule has 10 atom stereocenters. The van der Waals surface area contributed by atoms with E-state index in [0.29, 0.717) is 19.3 Å². The van der Waals surface area contributed by atoms with E-state index in [1.54, 1.807) is 14.0 Å². The number of rotatable bonds is 20. The van der Waals surface area contributed by atoms with Crippen LogP contribution in [0.4, 0.5) is 0 Å². The van der Waals surface area contributed by atoms with Gasteiger partial charge in [0.1, 0.15) is 12.2 Å². The summed E-state index contributed by atoms with van der Waals surface area (Å²) >= 11 is 2.24. The van der Waals surface area contributed by atoms with Gasteiger partial charge in [-0.3, -0.25) is 14.4 Å². The van der Waals surface area contributed by atoms with Crippen LogP contribution < -0.4 is 0 Å². The number of halogens is 1. The van der Waals surface area contributed by atoms with Crippen molar-refractivity contribution in [3.05, 3.63) is 9.66 Å². The average molecular weight is 931 g/mol. The number of ether oxygens (including phenoxy) is 6. The normalized spacial score (nSPS) is 25.7. The van der Waals surface area contributed by atoms with Gasteiger partial charge in [-0.25, -0.2) is 0 Å². The van der Waals surface area contributed by atoms with Crippen LogP contribution in [-0.4, -0.2) is 109 Å². The van der Waals surface area contributed by atoms with Gasteiger partial charge < -0.3 is 42.4 Å². The highest BCUT2D eigenvalue weighted by atomic mass is 127. The van der Waals surface area contributed by atoms with Crippen LogP contribution in [0.15, 0.2) is 9.66 Å². The second-order valence-electron chi connectivity index (χ2n) is 18.3. The maximum Gasteiger partial charge on any atom is 0.303 e. The van der Waals surface area contributed by atoms with Crippen LogP contribution in [0.5, 0.6) is 0 Å². The molecule has 0 aromatic carbocycles. The molecule has 0 aromatic heterocycles. The van der Waals surface area contributed by atoms with Crippen molar-refractivity contribution in [3.8, 4) is 0 Å². The second kappa shape index (κ2) is 21.4. The van der Waals surface area contributed by atoms with E-state index in [0.717, 1.165) is 3.58 Å². The monoisotopic (exact) mass is 930 g/mol. The van der Waals surface area contributed by atoms with Crippen molar-refractivity contribution in [2.24, 2.45) is 11.8 Å². The molecule has 15 heteroatoms. The highest BCUT2D eigenvalue weighted by Gasteiger charge is 2.61. The number of allylic oxidation sites excluding steroid dienone is 2. The largest absolute Gasteiger partial charge is 0.462 e. The summed E-state index contributed by atoms with van der Waals surface area (Å²) in [5.74, 6) is -5.15. The molecule has 0 aromatic rings. The number of aliphatic hydroxyl groups is 1. The Morgan fingerprint density at radius 1 is 0.836 bits per heavy atom. The van der Waals surface area contributed by atoms with E-state index < -0.39 is 94.9 Å². The lowest BCUT2D eigenvalue weighted by atomic mass is 9.76. The maximum atomic E-state index is 13.1. The van der Waals surface area contributed by atoms with Crippen molar-refractivity contribution >= 4 is 57.1 Å². The van der Waals surface area contributed by atoms with Crippen LogP contribution in [0.2, 0.25) is 36.3 Å². The zero-order chi connectivity index (χ0) is 42.9. The van der Waals surface area contributed by atoms with Gasteiger partial charge in [-0.1, -0.05) is 61.5 Å². The predicted octanol–water partition coefficient (Wildman–Crippen LogP) is 8.48. The molecule has 12 nitrogen and oxygen atoms in total. The molecule has 0 radical (unpaired) electrons. The molecule has 0 amide bonds. The Labute approximate surface area is 348 Å². The first-order valence-corrected chi connectivity index (χ1v) is 26.4. The Morgan fingerprint density at radius 2 is 1.36 bits per heavy atom. The molecule has 0 saturated carbocycles. The molecule has 1 saturated heterocycles. The van der Waals surface area contributed by atoms with Gasteiger partial charge in [-0.2, -0.15) is 0 Å². The van der Waals surface area contributed by atoms with Gasteiger partial charge in [0.15, 0.2) is 22.7 Å². The third kappa shape index (κ3) is 15.3. The van der Waals surface area contributed by atoms with Crippen molar-refractivity contribution in [3.63, 3.8) is 0 Å². The highest BCUT2D eigenvalue weighted by Crippen LogP contribution is 2.47. The van der Waals surface area contributed by atoms with Crippen molar-refractivity contribution in [2.75, 3.05) is 20.8 Å². The van der Waals surface area contributed by atoms with E-state index in [9.17, 15) is 19.5 Å². The average Bonchev–Trinajstić information content (AvgIpc) is 3.00. The topological polar surface area (TPSA) is 145 Å². The van der Waals surface area contributed by atoms with E-state index in [-0.39, 0.29) is 23.1 Å². The lowest BCUT2D eigenvalue weighted by molar-refractivity contribution is -0.362. The van der Waals surface area contributed by atoms with Gasteiger partial charge in [-0.05, 0) is 82.2 Å². The highest BCUT2D eigenvalue weighted by molar-refractivity contribution is 14.1. The molecular formula is C40H75IO12Si2. The van der Waals surface area contributed by atoms with Crippen molar-refractivity contribution in [2.45, 2.75) is 194 Å². The van der Waals surface area contributed by atoms with E-state index in [1.165, 1.54) is 27.9 Å². The molecule has 1 N–H and O–H groups in total. The molecular weight excluding hydrogens is 856 g/mol. The maximum absolute atomic E-state index is 13.1. The van der Waals surface area contributed by atoms with Crippen molar-refractivity contribution in [1.29, 1.82) is 0 Å². The van der Waals surface area contributed by atoms with Gasteiger partial charge in [-0.15, -0.1) is 0 Å². The molecule has 0 aliphatic carbocycles. The number of hydrogen-bond acceptors (Lipinski definition) is 12. The van der Waals surface area contributed by atoms with Gasteiger partial charge >= 0.3 is 17.9 Å². The molecule has 1 fully saturated rings. The summed E-state index contributed by atoms with van der Waals surface area (Å²) in [6.45, 7) is 31.1. The molecule has 1 aliphatic rings. The van der Waals surface area contributed by atoms with Gasteiger partial charge in [0.2, 0.25) is 5.79 Å². The molecule has 0 spiro atoms. The Bertz CT molecular complexity index is 1280. The third-order valence-electron chi connectivity index (χ3n) is 11.7. The predicted molar refractivity (Wildman–Crippen MR) is 228 cm³/mol. The minimum atomic E-state index is -2.69. The lowest BCUT2D eigenvalue weighted by Crippen LogP contribution is -2.68. The molecule has 1 rings (SSSR count). The molecule has 1 heterocycles. The number of carbonyl (C=O) groups is 3.